The van der Waals surface area contributed by atoms with Gasteiger partial charge in [0.1, 0.15) is 0 Å². The molecule has 0 unspecified atom stereocenters. The summed E-state index contributed by atoms with van der Waals surface area (Å²) in [5, 5.41) is 5.70. The number of carbonyl (C=O) groups is 1. The van der Waals surface area contributed by atoms with Crippen LogP contribution in [0.5, 0.6) is 0 Å². The van der Waals surface area contributed by atoms with Crippen LogP contribution in [-0.4, -0.2) is 25.8 Å². The van der Waals surface area contributed by atoms with Gasteiger partial charge in [-0.1, -0.05) is 6.07 Å². The second kappa shape index (κ2) is 7.29. The van der Waals surface area contributed by atoms with E-state index in [-0.39, 0.29) is 6.03 Å². The van der Waals surface area contributed by atoms with E-state index < -0.39 is 0 Å². The summed E-state index contributed by atoms with van der Waals surface area (Å²) in [6.07, 6.45) is 3.49. The van der Waals surface area contributed by atoms with Crippen molar-refractivity contribution in [2.45, 2.75) is 33.1 Å². The monoisotopic (exact) mass is 276 g/mol. The highest BCUT2D eigenvalue weighted by Crippen LogP contribution is 2.28. The number of nitrogens with one attached hydrogen (secondary N) is 2. The van der Waals surface area contributed by atoms with E-state index in [1.807, 2.05) is 26.0 Å². The molecule has 0 aliphatic heterocycles. The predicted molar refractivity (Wildman–Crippen MR) is 81.1 cm³/mol. The fraction of sp³-hybridized carbons (Fsp3) is 0.562. The standard InChI is InChI=1S/C16H24N2O2/c1-12-8-13(2)10-15(9-12)18-16(19)17-6-3-7-20-11-14-4-5-14/h8-10,14H,3-7,11H2,1-2H3,(H2,17,18,19). The zero-order valence-electron chi connectivity index (χ0n) is 12.4. The van der Waals surface area contributed by atoms with Gasteiger partial charge in [-0.2, -0.15) is 0 Å². The smallest absolute Gasteiger partial charge is 0.319 e. The van der Waals surface area contributed by atoms with Crippen LogP contribution >= 0.6 is 0 Å². The van der Waals surface area contributed by atoms with Crippen molar-refractivity contribution in [3.8, 4) is 0 Å². The van der Waals surface area contributed by atoms with Crippen molar-refractivity contribution < 1.29 is 9.53 Å². The predicted octanol–water partition coefficient (Wildman–Crippen LogP) is 3.24. The average molecular weight is 276 g/mol. The second-order valence-corrected chi connectivity index (χ2v) is 5.63. The molecule has 2 amide bonds. The molecule has 1 aliphatic rings. The van der Waals surface area contributed by atoms with E-state index in [0.29, 0.717) is 6.54 Å². The van der Waals surface area contributed by atoms with Crippen LogP contribution in [0, 0.1) is 19.8 Å². The summed E-state index contributed by atoms with van der Waals surface area (Å²) in [4.78, 5) is 11.7. The van der Waals surface area contributed by atoms with Crippen LogP contribution in [-0.2, 0) is 4.74 Å². The SMILES string of the molecule is Cc1cc(C)cc(NC(=O)NCCCOCC2CC2)c1. The van der Waals surface area contributed by atoms with Gasteiger partial charge in [0.05, 0.1) is 0 Å². The van der Waals surface area contributed by atoms with Crippen molar-refractivity contribution >= 4 is 11.7 Å². The fourth-order valence-corrected chi connectivity index (χ4v) is 2.13. The number of rotatable bonds is 7. The lowest BCUT2D eigenvalue weighted by molar-refractivity contribution is 0.122. The van der Waals surface area contributed by atoms with Gasteiger partial charge in [-0.05, 0) is 62.3 Å². The summed E-state index contributed by atoms with van der Waals surface area (Å²) in [6.45, 7) is 6.29. The highest BCUT2D eigenvalue weighted by atomic mass is 16.5. The maximum Gasteiger partial charge on any atom is 0.319 e. The molecule has 1 aromatic carbocycles. The number of carbonyl (C=O) groups excluding carboxylic acids is 1. The number of hydrogen-bond donors (Lipinski definition) is 2. The van der Waals surface area contributed by atoms with Gasteiger partial charge in [-0.25, -0.2) is 4.79 Å². The summed E-state index contributed by atoms with van der Waals surface area (Å²) in [5.74, 6) is 0.802. The molecular weight excluding hydrogens is 252 g/mol. The third kappa shape index (κ3) is 5.61. The number of aryl methyl sites for hydroxylation is 2. The molecule has 0 spiro atoms. The minimum Gasteiger partial charge on any atom is -0.381 e. The molecular formula is C16H24N2O2. The summed E-state index contributed by atoms with van der Waals surface area (Å²) in [5.41, 5.74) is 3.13. The third-order valence-corrected chi connectivity index (χ3v) is 3.28. The zero-order valence-corrected chi connectivity index (χ0v) is 12.4. The van der Waals surface area contributed by atoms with Gasteiger partial charge in [0.25, 0.3) is 0 Å². The van der Waals surface area contributed by atoms with Crippen LogP contribution in [0.1, 0.15) is 30.4 Å². The first-order chi connectivity index (χ1) is 9.63. The van der Waals surface area contributed by atoms with Crippen molar-refractivity contribution in [3.05, 3.63) is 29.3 Å². The van der Waals surface area contributed by atoms with Crippen LogP contribution < -0.4 is 10.6 Å². The van der Waals surface area contributed by atoms with E-state index in [4.69, 9.17) is 4.74 Å². The zero-order chi connectivity index (χ0) is 14.4. The van der Waals surface area contributed by atoms with Gasteiger partial charge in [-0.15, -0.1) is 0 Å². The molecule has 20 heavy (non-hydrogen) atoms. The van der Waals surface area contributed by atoms with E-state index in [2.05, 4.69) is 16.7 Å². The van der Waals surface area contributed by atoms with Gasteiger partial charge >= 0.3 is 6.03 Å². The Morgan fingerprint density at radius 3 is 2.60 bits per heavy atom. The number of amides is 2. The average Bonchev–Trinajstić information content (AvgIpc) is 3.16. The van der Waals surface area contributed by atoms with Crippen molar-refractivity contribution in [1.82, 2.24) is 5.32 Å². The Hall–Kier alpha value is -1.55. The molecule has 1 saturated carbocycles. The minimum atomic E-state index is -0.155. The number of urea groups is 1. The molecule has 1 fully saturated rings. The molecule has 2 N–H and O–H groups in total. The Balaban J connectivity index is 1.59. The van der Waals surface area contributed by atoms with Crippen LogP contribution in [0.15, 0.2) is 18.2 Å². The van der Waals surface area contributed by atoms with Gasteiger partial charge in [0.15, 0.2) is 0 Å². The van der Waals surface area contributed by atoms with E-state index >= 15 is 0 Å². The van der Waals surface area contributed by atoms with E-state index in [0.717, 1.165) is 42.4 Å². The van der Waals surface area contributed by atoms with Crippen LogP contribution in [0.2, 0.25) is 0 Å². The highest BCUT2D eigenvalue weighted by molar-refractivity contribution is 5.89. The molecule has 1 aromatic rings. The second-order valence-electron chi connectivity index (χ2n) is 5.63. The normalized spacial score (nSPS) is 14.1. The van der Waals surface area contributed by atoms with Crippen molar-refractivity contribution in [3.63, 3.8) is 0 Å². The van der Waals surface area contributed by atoms with Crippen LogP contribution in [0.4, 0.5) is 10.5 Å². The molecule has 4 nitrogen and oxygen atoms in total. The number of benzene rings is 1. The number of ether oxygens (including phenoxy) is 1. The van der Waals surface area contributed by atoms with Crippen LogP contribution in [0.25, 0.3) is 0 Å². The molecule has 0 heterocycles. The highest BCUT2D eigenvalue weighted by Gasteiger charge is 2.20. The fourth-order valence-electron chi connectivity index (χ4n) is 2.13. The summed E-state index contributed by atoms with van der Waals surface area (Å²) in [7, 11) is 0. The third-order valence-electron chi connectivity index (χ3n) is 3.28. The maximum atomic E-state index is 11.7. The Labute approximate surface area is 120 Å². The first-order valence-corrected chi connectivity index (χ1v) is 7.34. The van der Waals surface area contributed by atoms with Gasteiger partial charge in [0, 0.05) is 25.4 Å². The lowest BCUT2D eigenvalue weighted by Crippen LogP contribution is -2.30. The van der Waals surface area contributed by atoms with Crippen molar-refractivity contribution in [2.24, 2.45) is 5.92 Å². The van der Waals surface area contributed by atoms with Gasteiger partial charge < -0.3 is 15.4 Å². The molecule has 0 saturated heterocycles. The van der Waals surface area contributed by atoms with Crippen LogP contribution in [0.3, 0.4) is 0 Å². The lowest BCUT2D eigenvalue weighted by atomic mass is 10.1. The number of hydrogen-bond acceptors (Lipinski definition) is 2. The Bertz CT molecular complexity index is 436. The van der Waals surface area contributed by atoms with E-state index in [9.17, 15) is 4.79 Å². The molecule has 0 aromatic heterocycles. The quantitative estimate of drug-likeness (QED) is 0.751. The largest absolute Gasteiger partial charge is 0.381 e. The Morgan fingerprint density at radius 1 is 1.25 bits per heavy atom. The van der Waals surface area contributed by atoms with E-state index in [1.165, 1.54) is 12.8 Å². The van der Waals surface area contributed by atoms with Crippen molar-refractivity contribution in [2.75, 3.05) is 25.1 Å². The molecule has 0 bridgehead atoms. The summed E-state index contributed by atoms with van der Waals surface area (Å²) < 4.78 is 5.52. The molecule has 110 valence electrons. The summed E-state index contributed by atoms with van der Waals surface area (Å²) >= 11 is 0. The first-order valence-electron chi connectivity index (χ1n) is 7.34. The number of anilines is 1. The maximum absolute atomic E-state index is 11.7. The summed E-state index contributed by atoms with van der Waals surface area (Å²) in [6, 6.07) is 5.86. The van der Waals surface area contributed by atoms with E-state index in [1.54, 1.807) is 0 Å². The molecule has 2 rings (SSSR count). The molecule has 0 atom stereocenters. The van der Waals surface area contributed by atoms with Gasteiger partial charge in [0.2, 0.25) is 0 Å². The first kappa shape index (κ1) is 14.9. The van der Waals surface area contributed by atoms with Crippen molar-refractivity contribution in [1.29, 1.82) is 0 Å². The lowest BCUT2D eigenvalue weighted by Gasteiger charge is -2.09. The molecule has 4 heteroatoms. The topological polar surface area (TPSA) is 50.4 Å². The molecule has 1 aliphatic carbocycles. The van der Waals surface area contributed by atoms with Gasteiger partial charge in [-0.3, -0.25) is 0 Å². The Kier molecular flexibility index (Phi) is 5.41. The Morgan fingerprint density at radius 2 is 1.95 bits per heavy atom. The minimum absolute atomic E-state index is 0.155. The molecule has 0 radical (unpaired) electrons.